The van der Waals surface area contributed by atoms with Gasteiger partial charge in [0.2, 0.25) is 0 Å². The molecule has 1 aromatic heterocycles. The van der Waals surface area contributed by atoms with E-state index in [0.29, 0.717) is 23.7 Å². The van der Waals surface area contributed by atoms with Crippen molar-refractivity contribution in [3.63, 3.8) is 0 Å². The first-order valence-electron chi connectivity index (χ1n) is 6.14. The van der Waals surface area contributed by atoms with Gasteiger partial charge in [-0.3, -0.25) is 4.79 Å². The van der Waals surface area contributed by atoms with Crippen molar-refractivity contribution in [2.24, 2.45) is 5.92 Å². The lowest BCUT2D eigenvalue weighted by Crippen LogP contribution is -2.36. The van der Waals surface area contributed by atoms with Crippen LogP contribution in [0.1, 0.15) is 28.9 Å². The number of carbonyl (C=O) groups excluding carboxylic acids is 1. The van der Waals surface area contributed by atoms with Crippen LogP contribution >= 0.6 is 0 Å². The zero-order valence-electron chi connectivity index (χ0n) is 10.1. The molecule has 1 aromatic rings. The second-order valence-corrected chi connectivity index (χ2v) is 4.45. The highest BCUT2D eigenvalue weighted by atomic mass is 16.1. The zero-order valence-corrected chi connectivity index (χ0v) is 10.1. The number of carbonyl (C=O) groups is 1. The molecule has 0 spiro atoms. The van der Waals surface area contributed by atoms with Crippen LogP contribution in [-0.4, -0.2) is 30.5 Å². The Bertz CT molecular complexity index is 443. The number of hydrogen-bond acceptors (Lipinski definition) is 4. The largest absolute Gasteiger partial charge is 0.350 e. The molecular formula is C13H16N4O. The molecule has 18 heavy (non-hydrogen) atoms. The summed E-state index contributed by atoms with van der Waals surface area (Å²) in [6, 6.07) is 5.16. The summed E-state index contributed by atoms with van der Waals surface area (Å²) in [7, 11) is 0. The minimum absolute atomic E-state index is 0.168. The number of nitriles is 1. The second kappa shape index (κ2) is 6.12. The van der Waals surface area contributed by atoms with Crippen LogP contribution in [-0.2, 0) is 0 Å². The molecule has 0 unspecified atom stereocenters. The van der Waals surface area contributed by atoms with Gasteiger partial charge in [0.05, 0.1) is 5.56 Å². The molecule has 0 saturated carbocycles. The van der Waals surface area contributed by atoms with Crippen molar-refractivity contribution in [3.05, 3.63) is 29.6 Å². The normalized spacial score (nSPS) is 15.9. The Kier molecular flexibility index (Phi) is 4.26. The lowest BCUT2D eigenvalue weighted by Gasteiger charge is -2.22. The van der Waals surface area contributed by atoms with Crippen molar-refractivity contribution in [1.29, 1.82) is 5.26 Å². The summed E-state index contributed by atoms with van der Waals surface area (Å²) in [6.45, 7) is 2.74. The van der Waals surface area contributed by atoms with Crippen molar-refractivity contribution in [3.8, 4) is 6.07 Å². The van der Waals surface area contributed by atoms with Crippen molar-refractivity contribution in [1.82, 2.24) is 15.6 Å². The molecule has 1 amide bonds. The SMILES string of the molecule is N#Cc1ccc(C(=O)NCC2CCNCC2)nc1. The van der Waals surface area contributed by atoms with Crippen molar-refractivity contribution in [2.45, 2.75) is 12.8 Å². The van der Waals surface area contributed by atoms with Gasteiger partial charge < -0.3 is 10.6 Å². The first kappa shape index (κ1) is 12.5. The molecule has 0 bridgehead atoms. The minimum Gasteiger partial charge on any atom is -0.350 e. The molecule has 1 aliphatic rings. The molecule has 5 nitrogen and oxygen atoms in total. The number of amides is 1. The van der Waals surface area contributed by atoms with E-state index < -0.39 is 0 Å². The average Bonchev–Trinajstić information content (AvgIpc) is 2.46. The van der Waals surface area contributed by atoms with Gasteiger partial charge in [-0.05, 0) is 44.0 Å². The fraction of sp³-hybridized carbons (Fsp3) is 0.462. The molecule has 0 aromatic carbocycles. The fourth-order valence-corrected chi connectivity index (χ4v) is 2.01. The van der Waals surface area contributed by atoms with E-state index >= 15 is 0 Å². The van der Waals surface area contributed by atoms with Crippen LogP contribution in [0.3, 0.4) is 0 Å². The third-order valence-corrected chi connectivity index (χ3v) is 3.14. The lowest BCUT2D eigenvalue weighted by atomic mass is 9.98. The maximum Gasteiger partial charge on any atom is 0.269 e. The number of nitrogens with one attached hydrogen (secondary N) is 2. The van der Waals surface area contributed by atoms with E-state index in [1.807, 2.05) is 6.07 Å². The Hall–Kier alpha value is -1.93. The summed E-state index contributed by atoms with van der Waals surface area (Å²) in [5, 5.41) is 14.8. The van der Waals surface area contributed by atoms with Crippen molar-refractivity contribution >= 4 is 5.91 Å². The molecule has 2 rings (SSSR count). The van der Waals surface area contributed by atoms with Crippen LogP contribution < -0.4 is 10.6 Å². The molecule has 2 N–H and O–H groups in total. The van der Waals surface area contributed by atoms with E-state index in [1.165, 1.54) is 6.20 Å². The van der Waals surface area contributed by atoms with E-state index in [2.05, 4.69) is 15.6 Å². The summed E-state index contributed by atoms with van der Waals surface area (Å²) in [5.74, 6) is 0.381. The van der Waals surface area contributed by atoms with Crippen LogP contribution in [0.4, 0.5) is 0 Å². The van der Waals surface area contributed by atoms with Gasteiger partial charge in [-0.2, -0.15) is 5.26 Å². The lowest BCUT2D eigenvalue weighted by molar-refractivity contribution is 0.0939. The van der Waals surface area contributed by atoms with Gasteiger partial charge in [0.1, 0.15) is 11.8 Å². The topological polar surface area (TPSA) is 77.8 Å². The van der Waals surface area contributed by atoms with Gasteiger partial charge in [-0.15, -0.1) is 0 Å². The van der Waals surface area contributed by atoms with Crippen LogP contribution in [0.2, 0.25) is 0 Å². The molecule has 1 saturated heterocycles. The van der Waals surface area contributed by atoms with Crippen LogP contribution in [0.5, 0.6) is 0 Å². The van der Waals surface area contributed by atoms with Gasteiger partial charge >= 0.3 is 0 Å². The van der Waals surface area contributed by atoms with Crippen LogP contribution in [0.15, 0.2) is 18.3 Å². The standard InChI is InChI=1S/C13H16N4O/c14-7-11-1-2-12(16-9-11)13(18)17-8-10-3-5-15-6-4-10/h1-2,9-10,15H,3-6,8H2,(H,17,18). The molecule has 1 fully saturated rings. The molecular weight excluding hydrogens is 228 g/mol. The third kappa shape index (κ3) is 3.28. The second-order valence-electron chi connectivity index (χ2n) is 4.45. The van der Waals surface area contributed by atoms with E-state index in [9.17, 15) is 4.79 Å². The Morgan fingerprint density at radius 1 is 1.50 bits per heavy atom. The van der Waals surface area contributed by atoms with Gasteiger partial charge in [0.15, 0.2) is 0 Å². The first-order chi connectivity index (χ1) is 8.79. The molecule has 94 valence electrons. The molecule has 2 heterocycles. The number of rotatable bonds is 3. The third-order valence-electron chi connectivity index (χ3n) is 3.14. The highest BCUT2D eigenvalue weighted by Crippen LogP contribution is 2.10. The Labute approximate surface area is 106 Å². The zero-order chi connectivity index (χ0) is 12.8. The minimum atomic E-state index is -0.168. The first-order valence-corrected chi connectivity index (χ1v) is 6.14. The number of hydrogen-bond donors (Lipinski definition) is 2. The van der Waals surface area contributed by atoms with E-state index in [-0.39, 0.29) is 5.91 Å². The van der Waals surface area contributed by atoms with Crippen LogP contribution in [0, 0.1) is 17.2 Å². The molecule has 0 atom stereocenters. The number of pyridine rings is 1. The van der Waals surface area contributed by atoms with Gasteiger partial charge in [0.25, 0.3) is 5.91 Å². The summed E-state index contributed by atoms with van der Waals surface area (Å²) in [4.78, 5) is 15.8. The molecule has 0 radical (unpaired) electrons. The van der Waals surface area contributed by atoms with Gasteiger partial charge in [-0.25, -0.2) is 4.98 Å². The molecule has 1 aliphatic heterocycles. The van der Waals surface area contributed by atoms with E-state index in [0.717, 1.165) is 25.9 Å². The fourth-order valence-electron chi connectivity index (χ4n) is 2.01. The average molecular weight is 244 g/mol. The predicted molar refractivity (Wildman–Crippen MR) is 66.9 cm³/mol. The van der Waals surface area contributed by atoms with Gasteiger partial charge in [-0.1, -0.05) is 0 Å². The van der Waals surface area contributed by atoms with E-state index in [1.54, 1.807) is 12.1 Å². The monoisotopic (exact) mass is 244 g/mol. The van der Waals surface area contributed by atoms with Crippen molar-refractivity contribution in [2.75, 3.05) is 19.6 Å². The quantitative estimate of drug-likeness (QED) is 0.819. The van der Waals surface area contributed by atoms with Gasteiger partial charge in [0, 0.05) is 12.7 Å². The highest BCUT2D eigenvalue weighted by molar-refractivity contribution is 5.92. The smallest absolute Gasteiger partial charge is 0.269 e. The predicted octanol–water partition coefficient (Wildman–Crippen LogP) is 0.683. The highest BCUT2D eigenvalue weighted by Gasteiger charge is 2.14. The summed E-state index contributed by atoms with van der Waals surface area (Å²) in [5.41, 5.74) is 0.827. The number of aromatic nitrogens is 1. The Balaban J connectivity index is 1.85. The molecule has 0 aliphatic carbocycles. The summed E-state index contributed by atoms with van der Waals surface area (Å²) >= 11 is 0. The summed E-state index contributed by atoms with van der Waals surface area (Å²) < 4.78 is 0. The maximum atomic E-state index is 11.8. The van der Waals surface area contributed by atoms with Crippen LogP contribution in [0.25, 0.3) is 0 Å². The Morgan fingerprint density at radius 2 is 2.28 bits per heavy atom. The maximum absolute atomic E-state index is 11.8. The number of nitrogens with zero attached hydrogens (tertiary/aromatic N) is 2. The van der Waals surface area contributed by atoms with Crippen molar-refractivity contribution < 1.29 is 4.79 Å². The summed E-state index contributed by atoms with van der Waals surface area (Å²) in [6.07, 6.45) is 3.61. The molecule has 5 heteroatoms. The number of piperidine rings is 1. The Morgan fingerprint density at radius 3 is 2.89 bits per heavy atom. The van der Waals surface area contributed by atoms with E-state index in [4.69, 9.17) is 5.26 Å².